The topological polar surface area (TPSA) is 46.9 Å². The van der Waals surface area contributed by atoms with Gasteiger partial charge in [0.05, 0.1) is 0 Å². The number of hydrogen-bond donors (Lipinski definition) is 1. The van der Waals surface area contributed by atoms with Crippen LogP contribution in [-0.2, 0) is 6.54 Å². The molecule has 0 spiro atoms. The summed E-state index contributed by atoms with van der Waals surface area (Å²) in [4.78, 5) is 16.3. The summed E-state index contributed by atoms with van der Waals surface area (Å²) in [6.45, 7) is 0.582. The Morgan fingerprint density at radius 3 is 2.89 bits per heavy atom. The third-order valence-electron chi connectivity index (χ3n) is 3.21. The van der Waals surface area contributed by atoms with Crippen LogP contribution < -0.4 is 10.9 Å². The highest BCUT2D eigenvalue weighted by Crippen LogP contribution is 2.33. The van der Waals surface area contributed by atoms with Gasteiger partial charge in [0.1, 0.15) is 0 Å². The van der Waals surface area contributed by atoms with Gasteiger partial charge in [0.2, 0.25) is 0 Å². The average molecular weight is 320 g/mol. The summed E-state index contributed by atoms with van der Waals surface area (Å²) in [5.41, 5.74) is 1.07. The Morgan fingerprint density at radius 1 is 1.37 bits per heavy atom. The van der Waals surface area contributed by atoms with Crippen molar-refractivity contribution in [3.63, 3.8) is 0 Å². The van der Waals surface area contributed by atoms with E-state index in [1.165, 1.54) is 0 Å². The van der Waals surface area contributed by atoms with Gasteiger partial charge in [0.15, 0.2) is 5.82 Å². The molecule has 3 rings (SSSR count). The average Bonchev–Trinajstić information content (AvgIpc) is 3.24. The third-order valence-corrected chi connectivity index (χ3v) is 3.99. The summed E-state index contributed by atoms with van der Waals surface area (Å²) in [6, 6.07) is 8.31. The third kappa shape index (κ3) is 2.71. The molecule has 5 heteroatoms. The maximum atomic E-state index is 12.2. The van der Waals surface area contributed by atoms with E-state index in [0.717, 1.165) is 22.9 Å². The van der Waals surface area contributed by atoms with Gasteiger partial charge in [-0.3, -0.25) is 4.79 Å². The molecule has 1 saturated carbocycles. The van der Waals surface area contributed by atoms with Gasteiger partial charge in [-0.1, -0.05) is 34.1 Å². The molecule has 98 valence electrons. The van der Waals surface area contributed by atoms with Gasteiger partial charge < -0.3 is 9.88 Å². The van der Waals surface area contributed by atoms with Gasteiger partial charge >= 0.3 is 0 Å². The van der Waals surface area contributed by atoms with Gasteiger partial charge in [0, 0.05) is 29.5 Å². The molecular formula is C14H14BrN3O. The summed E-state index contributed by atoms with van der Waals surface area (Å²) in [5.74, 6) is 0.421. The summed E-state index contributed by atoms with van der Waals surface area (Å²) in [7, 11) is 0. The van der Waals surface area contributed by atoms with Crippen LogP contribution >= 0.6 is 15.9 Å². The Hall–Kier alpha value is -1.62. The molecule has 19 heavy (non-hydrogen) atoms. The van der Waals surface area contributed by atoms with Crippen LogP contribution in [0.1, 0.15) is 24.4 Å². The highest BCUT2D eigenvalue weighted by atomic mass is 79.9. The second-order valence-corrected chi connectivity index (χ2v) is 5.52. The van der Waals surface area contributed by atoms with Crippen molar-refractivity contribution in [2.24, 2.45) is 0 Å². The standard InChI is InChI=1S/C14H14BrN3O/c15-12-4-2-1-3-10(12)9-17-13-14(19)18(8-7-16-13)11-5-6-11/h1-4,7-8,11H,5-6,9H2,(H,16,17). The van der Waals surface area contributed by atoms with Crippen LogP contribution in [-0.4, -0.2) is 9.55 Å². The molecule has 1 aromatic heterocycles. The van der Waals surface area contributed by atoms with E-state index >= 15 is 0 Å². The SMILES string of the molecule is O=c1c(NCc2ccccc2Br)nccn1C1CC1. The minimum absolute atomic E-state index is 0.0305. The van der Waals surface area contributed by atoms with Gasteiger partial charge in [-0.15, -0.1) is 0 Å². The molecule has 1 fully saturated rings. The molecule has 1 aliphatic carbocycles. The maximum Gasteiger partial charge on any atom is 0.293 e. The Bertz CT molecular complexity index is 649. The molecule has 1 N–H and O–H groups in total. The molecule has 0 saturated heterocycles. The van der Waals surface area contributed by atoms with Crippen LogP contribution in [0.15, 0.2) is 45.9 Å². The molecule has 1 aliphatic rings. The lowest BCUT2D eigenvalue weighted by Crippen LogP contribution is -2.23. The first-order valence-corrected chi connectivity index (χ1v) is 7.09. The fourth-order valence-corrected chi connectivity index (χ4v) is 2.43. The van der Waals surface area contributed by atoms with E-state index in [1.54, 1.807) is 17.0 Å². The van der Waals surface area contributed by atoms with Gasteiger partial charge in [-0.25, -0.2) is 4.98 Å². The Balaban J connectivity index is 1.79. The van der Waals surface area contributed by atoms with Crippen molar-refractivity contribution in [3.8, 4) is 0 Å². The van der Waals surface area contributed by atoms with Crippen LogP contribution in [0.3, 0.4) is 0 Å². The van der Waals surface area contributed by atoms with E-state index in [9.17, 15) is 4.79 Å². The van der Waals surface area contributed by atoms with E-state index in [1.807, 2.05) is 24.3 Å². The van der Waals surface area contributed by atoms with Gasteiger partial charge in [-0.2, -0.15) is 0 Å². The zero-order valence-electron chi connectivity index (χ0n) is 10.3. The maximum absolute atomic E-state index is 12.2. The lowest BCUT2D eigenvalue weighted by atomic mass is 10.2. The molecule has 0 amide bonds. The first kappa shape index (κ1) is 12.4. The molecule has 1 aromatic carbocycles. The van der Waals surface area contributed by atoms with Crippen molar-refractivity contribution in [3.05, 3.63) is 57.0 Å². The molecule has 4 nitrogen and oxygen atoms in total. The van der Waals surface area contributed by atoms with E-state index in [2.05, 4.69) is 26.2 Å². The number of halogens is 1. The number of benzene rings is 1. The van der Waals surface area contributed by atoms with Crippen molar-refractivity contribution < 1.29 is 0 Å². The molecule has 0 aliphatic heterocycles. The molecule has 0 atom stereocenters. The Morgan fingerprint density at radius 2 is 2.16 bits per heavy atom. The van der Waals surface area contributed by atoms with Crippen LogP contribution in [0.2, 0.25) is 0 Å². The minimum Gasteiger partial charge on any atom is -0.361 e. The monoisotopic (exact) mass is 319 g/mol. The van der Waals surface area contributed by atoms with Gasteiger partial charge in [-0.05, 0) is 24.5 Å². The molecule has 0 unspecified atom stereocenters. The van der Waals surface area contributed by atoms with Crippen LogP contribution in [0.25, 0.3) is 0 Å². The van der Waals surface area contributed by atoms with Crippen molar-refractivity contribution in [1.29, 1.82) is 0 Å². The number of rotatable bonds is 4. The minimum atomic E-state index is -0.0305. The summed E-state index contributed by atoms with van der Waals surface area (Å²) in [5, 5.41) is 3.12. The first-order valence-electron chi connectivity index (χ1n) is 6.30. The van der Waals surface area contributed by atoms with E-state index < -0.39 is 0 Å². The second kappa shape index (κ2) is 5.17. The van der Waals surface area contributed by atoms with Crippen LogP contribution in [0.4, 0.5) is 5.82 Å². The van der Waals surface area contributed by atoms with Crippen molar-refractivity contribution >= 4 is 21.7 Å². The number of nitrogens with zero attached hydrogens (tertiary/aromatic N) is 2. The predicted molar refractivity (Wildman–Crippen MR) is 78.2 cm³/mol. The fraction of sp³-hybridized carbons (Fsp3) is 0.286. The summed E-state index contributed by atoms with van der Waals surface area (Å²) in [6.07, 6.45) is 5.63. The highest BCUT2D eigenvalue weighted by molar-refractivity contribution is 9.10. The first-order chi connectivity index (χ1) is 9.25. The molecule has 0 bridgehead atoms. The van der Waals surface area contributed by atoms with Crippen molar-refractivity contribution in [2.45, 2.75) is 25.4 Å². The second-order valence-electron chi connectivity index (χ2n) is 4.66. The fourth-order valence-electron chi connectivity index (χ4n) is 2.01. The summed E-state index contributed by atoms with van der Waals surface area (Å²) >= 11 is 3.49. The predicted octanol–water partition coefficient (Wildman–Crippen LogP) is 2.95. The van der Waals surface area contributed by atoms with Crippen LogP contribution in [0, 0.1) is 0 Å². The molecule has 2 aromatic rings. The van der Waals surface area contributed by atoms with Crippen LogP contribution in [0.5, 0.6) is 0 Å². The lowest BCUT2D eigenvalue weighted by Gasteiger charge is -2.09. The lowest BCUT2D eigenvalue weighted by molar-refractivity contribution is 0.699. The highest BCUT2D eigenvalue weighted by Gasteiger charge is 2.25. The Kier molecular flexibility index (Phi) is 3.38. The number of nitrogens with one attached hydrogen (secondary N) is 1. The van der Waals surface area contributed by atoms with Crippen molar-refractivity contribution in [2.75, 3.05) is 5.32 Å². The summed E-state index contributed by atoms with van der Waals surface area (Å²) < 4.78 is 2.80. The quantitative estimate of drug-likeness (QED) is 0.942. The molecule has 1 heterocycles. The largest absolute Gasteiger partial charge is 0.361 e. The molecular weight excluding hydrogens is 306 g/mol. The number of anilines is 1. The zero-order valence-corrected chi connectivity index (χ0v) is 11.9. The number of hydrogen-bond acceptors (Lipinski definition) is 3. The Labute approximate surface area is 119 Å². The smallest absolute Gasteiger partial charge is 0.293 e. The van der Waals surface area contributed by atoms with E-state index in [4.69, 9.17) is 0 Å². The van der Waals surface area contributed by atoms with E-state index in [-0.39, 0.29) is 5.56 Å². The molecule has 0 radical (unpaired) electrons. The number of aromatic nitrogens is 2. The van der Waals surface area contributed by atoms with Gasteiger partial charge in [0.25, 0.3) is 5.56 Å². The van der Waals surface area contributed by atoms with E-state index in [0.29, 0.717) is 18.4 Å². The van der Waals surface area contributed by atoms with Crippen molar-refractivity contribution in [1.82, 2.24) is 9.55 Å². The zero-order chi connectivity index (χ0) is 13.2. The normalized spacial score (nSPS) is 14.4.